The molecule has 1 saturated carbocycles. The van der Waals surface area contributed by atoms with Crippen molar-refractivity contribution in [1.82, 2.24) is 10.2 Å². The van der Waals surface area contributed by atoms with Crippen molar-refractivity contribution in [2.45, 2.75) is 45.2 Å². The maximum absolute atomic E-state index is 13.7. The summed E-state index contributed by atoms with van der Waals surface area (Å²) in [4.78, 5) is 14.1. The summed E-state index contributed by atoms with van der Waals surface area (Å²) >= 11 is 0. The molecule has 0 aromatic heterocycles. The van der Waals surface area contributed by atoms with E-state index >= 15 is 0 Å². The maximum Gasteiger partial charge on any atom is 0.234 e. The Morgan fingerprint density at radius 3 is 2.78 bits per heavy atom. The summed E-state index contributed by atoms with van der Waals surface area (Å²) in [7, 11) is 3.31. The number of hydrogen-bond donors (Lipinski definition) is 1. The smallest absolute Gasteiger partial charge is 0.234 e. The van der Waals surface area contributed by atoms with Crippen molar-refractivity contribution in [3.63, 3.8) is 0 Å². The molecule has 128 valence electrons. The van der Waals surface area contributed by atoms with Gasteiger partial charge in [0.25, 0.3) is 0 Å². The quantitative estimate of drug-likeness (QED) is 0.875. The van der Waals surface area contributed by atoms with Crippen LogP contribution in [0.2, 0.25) is 0 Å². The van der Waals surface area contributed by atoms with E-state index in [9.17, 15) is 9.18 Å². The van der Waals surface area contributed by atoms with E-state index in [4.69, 9.17) is 4.74 Å². The molecular formula is C18H27FN2O2. The number of nitrogens with one attached hydrogen (secondary N) is 1. The van der Waals surface area contributed by atoms with Gasteiger partial charge in [0.05, 0.1) is 13.7 Å². The molecule has 2 rings (SSSR count). The van der Waals surface area contributed by atoms with Gasteiger partial charge in [-0.2, -0.15) is 0 Å². The first-order chi connectivity index (χ1) is 11.0. The molecule has 1 aromatic rings. The van der Waals surface area contributed by atoms with Crippen LogP contribution in [0.1, 0.15) is 38.2 Å². The third-order valence-corrected chi connectivity index (χ3v) is 4.54. The van der Waals surface area contributed by atoms with Crippen LogP contribution in [0.3, 0.4) is 0 Å². The number of amides is 1. The Labute approximate surface area is 138 Å². The van der Waals surface area contributed by atoms with Crippen LogP contribution in [0.4, 0.5) is 4.39 Å². The Bertz CT molecular complexity index is 536. The van der Waals surface area contributed by atoms with Crippen molar-refractivity contribution in [1.29, 1.82) is 0 Å². The van der Waals surface area contributed by atoms with Crippen LogP contribution in [-0.2, 0) is 11.3 Å². The summed E-state index contributed by atoms with van der Waals surface area (Å²) in [5, 5.41) is 3.14. The van der Waals surface area contributed by atoms with Crippen LogP contribution in [0.15, 0.2) is 18.2 Å². The monoisotopic (exact) mass is 322 g/mol. The van der Waals surface area contributed by atoms with Gasteiger partial charge >= 0.3 is 0 Å². The lowest BCUT2D eigenvalue weighted by Crippen LogP contribution is -2.44. The highest BCUT2D eigenvalue weighted by atomic mass is 19.1. The maximum atomic E-state index is 13.7. The van der Waals surface area contributed by atoms with Gasteiger partial charge in [-0.05, 0) is 43.5 Å². The number of halogens is 1. The number of ether oxygens (including phenoxy) is 1. The van der Waals surface area contributed by atoms with Crippen LogP contribution < -0.4 is 10.1 Å². The molecule has 23 heavy (non-hydrogen) atoms. The molecule has 0 unspecified atom stereocenters. The number of nitrogens with zero attached hydrogens (tertiary/aromatic N) is 1. The molecule has 2 atom stereocenters. The van der Waals surface area contributed by atoms with Crippen molar-refractivity contribution in [2.24, 2.45) is 5.92 Å². The Kier molecular flexibility index (Phi) is 6.39. The molecule has 4 nitrogen and oxygen atoms in total. The summed E-state index contributed by atoms with van der Waals surface area (Å²) in [6.07, 6.45) is 4.71. The van der Waals surface area contributed by atoms with Gasteiger partial charge in [-0.3, -0.25) is 9.69 Å². The molecule has 0 spiro atoms. The second kappa shape index (κ2) is 8.29. The van der Waals surface area contributed by atoms with Crippen LogP contribution >= 0.6 is 0 Å². The first-order valence-electron chi connectivity index (χ1n) is 8.30. The molecular weight excluding hydrogens is 295 g/mol. The zero-order valence-electron chi connectivity index (χ0n) is 14.3. The largest absolute Gasteiger partial charge is 0.494 e. The Morgan fingerprint density at radius 1 is 1.39 bits per heavy atom. The molecule has 1 aliphatic rings. The second-order valence-electron chi connectivity index (χ2n) is 6.58. The topological polar surface area (TPSA) is 41.6 Å². The average molecular weight is 322 g/mol. The number of rotatable bonds is 6. The van der Waals surface area contributed by atoms with Crippen molar-refractivity contribution in [2.75, 3.05) is 20.7 Å². The van der Waals surface area contributed by atoms with Crippen LogP contribution in [-0.4, -0.2) is 37.6 Å². The lowest BCUT2D eigenvalue weighted by Gasteiger charge is -2.30. The van der Waals surface area contributed by atoms with Crippen LogP contribution in [0.5, 0.6) is 5.75 Å². The summed E-state index contributed by atoms with van der Waals surface area (Å²) in [6, 6.07) is 5.18. The number of likely N-dealkylation sites (N-methyl/N-ethyl adjacent to an activating group) is 1. The van der Waals surface area contributed by atoms with Crippen molar-refractivity contribution in [3.8, 4) is 5.75 Å². The minimum absolute atomic E-state index is 0.0419. The fourth-order valence-electron chi connectivity index (χ4n) is 3.20. The predicted octanol–water partition coefficient (Wildman–Crippen LogP) is 2.96. The predicted molar refractivity (Wildman–Crippen MR) is 88.8 cm³/mol. The van der Waals surface area contributed by atoms with Crippen molar-refractivity contribution >= 4 is 5.91 Å². The van der Waals surface area contributed by atoms with E-state index in [0.29, 0.717) is 25.0 Å². The molecule has 0 aliphatic heterocycles. The highest BCUT2D eigenvalue weighted by Crippen LogP contribution is 2.23. The van der Waals surface area contributed by atoms with Gasteiger partial charge < -0.3 is 10.1 Å². The Morgan fingerprint density at radius 2 is 2.13 bits per heavy atom. The molecule has 1 N–H and O–H groups in total. The number of carbonyl (C=O) groups is 1. The number of carbonyl (C=O) groups excluding carboxylic acids is 1. The lowest BCUT2D eigenvalue weighted by atomic mass is 9.86. The van der Waals surface area contributed by atoms with Crippen LogP contribution in [0, 0.1) is 11.7 Å². The third kappa shape index (κ3) is 5.20. The van der Waals surface area contributed by atoms with E-state index in [-0.39, 0.29) is 17.5 Å². The van der Waals surface area contributed by atoms with Crippen molar-refractivity contribution in [3.05, 3.63) is 29.6 Å². The van der Waals surface area contributed by atoms with Gasteiger partial charge in [0.15, 0.2) is 11.6 Å². The van der Waals surface area contributed by atoms with E-state index in [1.807, 2.05) is 18.0 Å². The van der Waals surface area contributed by atoms with Gasteiger partial charge in [-0.25, -0.2) is 4.39 Å². The van der Waals surface area contributed by atoms with E-state index in [1.165, 1.54) is 32.4 Å². The Balaban J connectivity index is 1.82. The van der Waals surface area contributed by atoms with E-state index in [1.54, 1.807) is 6.07 Å². The highest BCUT2D eigenvalue weighted by molar-refractivity contribution is 5.78. The molecule has 0 radical (unpaired) electrons. The Hall–Kier alpha value is -1.62. The molecule has 1 fully saturated rings. The van der Waals surface area contributed by atoms with E-state index in [0.717, 1.165) is 12.0 Å². The first kappa shape index (κ1) is 17.7. The number of methoxy groups -OCH3 is 1. The van der Waals surface area contributed by atoms with Gasteiger partial charge in [-0.1, -0.05) is 25.8 Å². The molecule has 5 heteroatoms. The summed E-state index contributed by atoms with van der Waals surface area (Å²) in [6.45, 7) is 3.04. The summed E-state index contributed by atoms with van der Waals surface area (Å²) < 4.78 is 18.6. The van der Waals surface area contributed by atoms with Gasteiger partial charge in [-0.15, -0.1) is 0 Å². The minimum Gasteiger partial charge on any atom is -0.494 e. The third-order valence-electron chi connectivity index (χ3n) is 4.54. The van der Waals surface area contributed by atoms with E-state index in [2.05, 4.69) is 12.2 Å². The van der Waals surface area contributed by atoms with E-state index < -0.39 is 0 Å². The number of hydrogen-bond acceptors (Lipinski definition) is 3. The highest BCUT2D eigenvalue weighted by Gasteiger charge is 2.23. The van der Waals surface area contributed by atoms with Gasteiger partial charge in [0.2, 0.25) is 5.91 Å². The zero-order chi connectivity index (χ0) is 16.8. The summed E-state index contributed by atoms with van der Waals surface area (Å²) in [5.41, 5.74) is 0.824. The summed E-state index contributed by atoms with van der Waals surface area (Å²) in [5.74, 6) is 0.452. The fraction of sp³-hybridized carbons (Fsp3) is 0.611. The number of benzene rings is 1. The first-order valence-corrected chi connectivity index (χ1v) is 8.30. The van der Waals surface area contributed by atoms with Crippen LogP contribution in [0.25, 0.3) is 0 Å². The SMILES string of the molecule is COc1ccc(CN(C)CC(=O)N[C@@H]2CCCC[C@@H]2C)cc1F. The fourth-order valence-corrected chi connectivity index (χ4v) is 3.20. The molecule has 0 heterocycles. The lowest BCUT2D eigenvalue weighted by molar-refractivity contribution is -0.123. The normalized spacial score (nSPS) is 21.3. The molecule has 0 saturated heterocycles. The molecule has 1 amide bonds. The molecule has 1 aromatic carbocycles. The minimum atomic E-state index is -0.376. The molecule has 1 aliphatic carbocycles. The standard InChI is InChI=1S/C18H27FN2O2/c1-13-6-4-5-7-16(13)20-18(22)12-21(2)11-14-8-9-17(23-3)15(19)10-14/h8-10,13,16H,4-7,11-12H2,1-3H3,(H,20,22)/t13-,16+/m0/s1. The average Bonchev–Trinajstić information content (AvgIpc) is 2.49. The second-order valence-corrected chi connectivity index (χ2v) is 6.58. The van der Waals surface area contributed by atoms with Crippen molar-refractivity contribution < 1.29 is 13.9 Å². The molecule has 0 bridgehead atoms. The van der Waals surface area contributed by atoms with Gasteiger partial charge in [0.1, 0.15) is 0 Å². The van der Waals surface area contributed by atoms with Gasteiger partial charge in [0, 0.05) is 12.6 Å². The zero-order valence-corrected chi connectivity index (χ0v) is 14.3.